The van der Waals surface area contributed by atoms with Gasteiger partial charge in [-0.1, -0.05) is 11.3 Å². The second-order valence-corrected chi connectivity index (χ2v) is 6.91. The fraction of sp³-hybridized carbons (Fsp3) is 0.750. The quantitative estimate of drug-likeness (QED) is 0.796. The van der Waals surface area contributed by atoms with E-state index in [9.17, 15) is 9.59 Å². The fourth-order valence-corrected chi connectivity index (χ4v) is 3.47. The average molecular weight is 369 g/mol. The van der Waals surface area contributed by atoms with Crippen molar-refractivity contribution in [2.75, 3.05) is 38.1 Å². The lowest BCUT2D eigenvalue weighted by Gasteiger charge is -2.34. The Labute approximate surface area is 152 Å². The summed E-state index contributed by atoms with van der Waals surface area (Å²) in [5, 5.41) is 12.1. The van der Waals surface area contributed by atoms with Crippen molar-refractivity contribution in [3.8, 4) is 0 Å². The van der Waals surface area contributed by atoms with Gasteiger partial charge < -0.3 is 19.9 Å². The highest BCUT2D eigenvalue weighted by atomic mass is 32.1. The Morgan fingerprint density at radius 1 is 1.24 bits per heavy atom. The Morgan fingerprint density at radius 3 is 2.52 bits per heavy atom. The molecule has 1 aromatic heterocycles. The van der Waals surface area contributed by atoms with Crippen LogP contribution >= 0.6 is 11.3 Å². The third-order valence-corrected chi connectivity index (χ3v) is 5.11. The molecule has 2 heterocycles. The minimum absolute atomic E-state index is 0.0472. The number of hydrogen-bond donors (Lipinski definition) is 1. The van der Waals surface area contributed by atoms with Gasteiger partial charge >= 0.3 is 6.03 Å². The van der Waals surface area contributed by atoms with Gasteiger partial charge in [0.25, 0.3) is 0 Å². The maximum atomic E-state index is 12.4. The molecular formula is C16H27N5O3S. The van der Waals surface area contributed by atoms with Crippen molar-refractivity contribution in [2.45, 2.75) is 40.2 Å². The third-order valence-electron chi connectivity index (χ3n) is 4.30. The number of piperidine rings is 1. The first-order valence-corrected chi connectivity index (χ1v) is 9.65. The second-order valence-electron chi connectivity index (χ2n) is 5.84. The van der Waals surface area contributed by atoms with Crippen LogP contribution < -0.4 is 5.32 Å². The minimum atomic E-state index is -0.0972. The first-order chi connectivity index (χ1) is 12.1. The Balaban J connectivity index is 1.81. The Bertz CT molecular complexity index is 568. The number of carbonyl (C=O) groups excluding carboxylic acids is 2. The van der Waals surface area contributed by atoms with Crippen LogP contribution in [0.1, 0.15) is 38.6 Å². The molecule has 1 saturated heterocycles. The normalized spacial score (nSPS) is 15.2. The van der Waals surface area contributed by atoms with Crippen molar-refractivity contribution in [3.05, 3.63) is 5.01 Å². The predicted molar refractivity (Wildman–Crippen MR) is 96.5 cm³/mol. The lowest BCUT2D eigenvalue weighted by atomic mass is 9.96. The van der Waals surface area contributed by atoms with Gasteiger partial charge in [0.2, 0.25) is 11.0 Å². The summed E-state index contributed by atoms with van der Waals surface area (Å²) in [6.07, 6.45) is 1.34. The van der Waals surface area contributed by atoms with Crippen molar-refractivity contribution in [2.24, 2.45) is 5.92 Å². The molecule has 1 fully saturated rings. The molecule has 3 amide bonds. The van der Waals surface area contributed by atoms with Gasteiger partial charge in [0.15, 0.2) is 0 Å². The third kappa shape index (κ3) is 5.37. The largest absolute Gasteiger partial charge is 0.374 e. The Morgan fingerprint density at radius 2 is 1.92 bits per heavy atom. The molecule has 1 aliphatic heterocycles. The van der Waals surface area contributed by atoms with Crippen LogP contribution in [0, 0.1) is 5.92 Å². The molecule has 9 heteroatoms. The van der Waals surface area contributed by atoms with E-state index < -0.39 is 0 Å². The summed E-state index contributed by atoms with van der Waals surface area (Å²) < 4.78 is 5.28. The highest BCUT2D eigenvalue weighted by Crippen LogP contribution is 2.22. The van der Waals surface area contributed by atoms with Crippen molar-refractivity contribution in [1.82, 2.24) is 20.0 Å². The molecule has 0 radical (unpaired) electrons. The molecular weight excluding hydrogens is 342 g/mol. The molecule has 1 aliphatic rings. The fourth-order valence-electron chi connectivity index (χ4n) is 2.79. The molecule has 8 nitrogen and oxygen atoms in total. The number of nitrogens with zero attached hydrogens (tertiary/aromatic N) is 4. The number of likely N-dealkylation sites (tertiary alicyclic amines) is 1. The number of urea groups is 1. The van der Waals surface area contributed by atoms with E-state index in [2.05, 4.69) is 15.5 Å². The van der Waals surface area contributed by atoms with Crippen molar-refractivity contribution >= 4 is 28.4 Å². The van der Waals surface area contributed by atoms with Gasteiger partial charge in [0.1, 0.15) is 11.6 Å². The highest BCUT2D eigenvalue weighted by molar-refractivity contribution is 7.15. The van der Waals surface area contributed by atoms with E-state index in [1.807, 2.05) is 30.6 Å². The summed E-state index contributed by atoms with van der Waals surface area (Å²) in [4.78, 5) is 28.4. The molecule has 0 unspecified atom stereocenters. The van der Waals surface area contributed by atoms with Crippen LogP contribution in [0.5, 0.6) is 0 Å². The van der Waals surface area contributed by atoms with E-state index in [1.54, 1.807) is 0 Å². The number of aromatic nitrogens is 2. The van der Waals surface area contributed by atoms with Crippen molar-refractivity contribution in [1.29, 1.82) is 0 Å². The number of amides is 3. The molecule has 0 saturated carbocycles. The summed E-state index contributed by atoms with van der Waals surface area (Å²) >= 11 is 1.33. The maximum Gasteiger partial charge on any atom is 0.319 e. The number of nitrogens with one attached hydrogen (secondary N) is 1. The number of ether oxygens (including phenoxy) is 1. The number of hydrogen-bond acceptors (Lipinski definition) is 6. The first-order valence-electron chi connectivity index (χ1n) is 8.83. The smallest absolute Gasteiger partial charge is 0.319 e. The van der Waals surface area contributed by atoms with Crippen LogP contribution in [0.3, 0.4) is 0 Å². The van der Waals surface area contributed by atoms with E-state index in [4.69, 9.17) is 4.74 Å². The van der Waals surface area contributed by atoms with E-state index in [-0.39, 0.29) is 17.9 Å². The molecule has 1 aromatic rings. The van der Waals surface area contributed by atoms with E-state index in [1.165, 1.54) is 11.3 Å². The summed E-state index contributed by atoms with van der Waals surface area (Å²) in [7, 11) is 0. The lowest BCUT2D eigenvalue weighted by Crippen LogP contribution is -2.47. The molecule has 0 aliphatic carbocycles. The van der Waals surface area contributed by atoms with Crippen molar-refractivity contribution in [3.63, 3.8) is 0 Å². The summed E-state index contributed by atoms with van der Waals surface area (Å²) in [6.45, 7) is 9.53. The van der Waals surface area contributed by atoms with Gasteiger partial charge in [0, 0.05) is 38.7 Å². The monoisotopic (exact) mass is 369 g/mol. The zero-order chi connectivity index (χ0) is 18.2. The van der Waals surface area contributed by atoms with Crippen LogP contribution in [0.25, 0.3) is 0 Å². The van der Waals surface area contributed by atoms with Crippen LogP contribution in [-0.4, -0.2) is 64.7 Å². The molecule has 25 heavy (non-hydrogen) atoms. The Hall–Kier alpha value is -1.74. The molecule has 0 spiro atoms. The molecule has 140 valence electrons. The van der Waals surface area contributed by atoms with Gasteiger partial charge in [-0.05, 0) is 33.6 Å². The predicted octanol–water partition coefficient (Wildman–Crippen LogP) is 2.19. The molecule has 0 aromatic carbocycles. The lowest BCUT2D eigenvalue weighted by molar-refractivity contribution is -0.121. The van der Waals surface area contributed by atoms with E-state index in [0.717, 1.165) is 5.01 Å². The van der Waals surface area contributed by atoms with Gasteiger partial charge in [0.05, 0.1) is 0 Å². The number of carbonyl (C=O) groups is 2. The SMILES string of the molecule is CCOCc1nnc(NC(=O)C2CCN(C(=O)N(CC)CC)CC2)s1. The van der Waals surface area contributed by atoms with Crippen LogP contribution in [-0.2, 0) is 16.1 Å². The number of anilines is 1. The van der Waals surface area contributed by atoms with E-state index in [0.29, 0.717) is 57.4 Å². The standard InChI is InChI=1S/C16H27N5O3S/c1-4-20(5-2)16(23)21-9-7-12(8-10-21)14(22)17-15-19-18-13(25-15)11-24-6-3/h12H,4-11H2,1-3H3,(H,17,19,22). The highest BCUT2D eigenvalue weighted by Gasteiger charge is 2.29. The molecule has 1 N–H and O–H groups in total. The zero-order valence-electron chi connectivity index (χ0n) is 15.2. The van der Waals surface area contributed by atoms with Gasteiger partial charge in [-0.3, -0.25) is 4.79 Å². The first kappa shape index (κ1) is 19.6. The average Bonchev–Trinajstić information content (AvgIpc) is 3.08. The van der Waals surface area contributed by atoms with Crippen LogP contribution in [0.2, 0.25) is 0 Å². The topological polar surface area (TPSA) is 87.7 Å². The van der Waals surface area contributed by atoms with E-state index >= 15 is 0 Å². The summed E-state index contributed by atoms with van der Waals surface area (Å²) in [6, 6.07) is 0.0635. The Kier molecular flexibility index (Phi) is 7.57. The summed E-state index contributed by atoms with van der Waals surface area (Å²) in [5.74, 6) is -0.144. The van der Waals surface area contributed by atoms with Crippen LogP contribution in [0.15, 0.2) is 0 Å². The summed E-state index contributed by atoms with van der Waals surface area (Å²) in [5.41, 5.74) is 0. The number of rotatable bonds is 7. The molecule has 0 atom stereocenters. The minimum Gasteiger partial charge on any atom is -0.374 e. The van der Waals surface area contributed by atoms with Crippen LogP contribution in [0.4, 0.5) is 9.93 Å². The van der Waals surface area contributed by atoms with Gasteiger partial charge in [-0.25, -0.2) is 4.79 Å². The molecule has 2 rings (SSSR count). The van der Waals surface area contributed by atoms with Gasteiger partial charge in [-0.15, -0.1) is 10.2 Å². The zero-order valence-corrected chi connectivity index (χ0v) is 16.0. The maximum absolute atomic E-state index is 12.4. The van der Waals surface area contributed by atoms with Gasteiger partial charge in [-0.2, -0.15) is 0 Å². The molecule has 0 bridgehead atoms. The second kappa shape index (κ2) is 9.67. The van der Waals surface area contributed by atoms with Crippen molar-refractivity contribution < 1.29 is 14.3 Å².